The Morgan fingerprint density at radius 3 is 2.50 bits per heavy atom. The van der Waals surface area contributed by atoms with Crippen LogP contribution in [0.1, 0.15) is 46.0 Å². The number of carboxylic acid groups (broad SMARTS) is 1. The number of carbonyl (C=O) groups is 1. The highest BCUT2D eigenvalue weighted by Gasteiger charge is 2.51. The van der Waals surface area contributed by atoms with E-state index in [1.807, 2.05) is 0 Å². The minimum absolute atomic E-state index is 0.126. The molecule has 2 aliphatic carbocycles. The third kappa shape index (κ3) is 1.97. The van der Waals surface area contributed by atoms with Crippen LogP contribution in [0.25, 0.3) is 0 Å². The Morgan fingerprint density at radius 2 is 1.94 bits per heavy atom. The smallest absolute Gasteiger partial charge is 0.308 e. The van der Waals surface area contributed by atoms with E-state index in [0.29, 0.717) is 17.9 Å². The second kappa shape index (κ2) is 4.74. The first-order valence-corrected chi connectivity index (χ1v) is 6.66. The standard InChI is InChI=1S/C13H23NO2/c1-3-10(4-2)14-12-9-6-5-8(7-9)11(12)13(15)16/h8-12,14H,3-7H2,1-2H3,(H,15,16). The lowest BCUT2D eigenvalue weighted by molar-refractivity contribution is -0.144. The highest BCUT2D eigenvalue weighted by molar-refractivity contribution is 5.72. The summed E-state index contributed by atoms with van der Waals surface area (Å²) < 4.78 is 0. The summed E-state index contributed by atoms with van der Waals surface area (Å²) in [4.78, 5) is 11.3. The maximum absolute atomic E-state index is 11.3. The van der Waals surface area contributed by atoms with Crippen molar-refractivity contribution in [1.82, 2.24) is 5.32 Å². The van der Waals surface area contributed by atoms with E-state index in [-0.39, 0.29) is 12.0 Å². The van der Waals surface area contributed by atoms with E-state index in [2.05, 4.69) is 19.2 Å². The van der Waals surface area contributed by atoms with Crippen molar-refractivity contribution in [3.05, 3.63) is 0 Å². The molecular weight excluding hydrogens is 202 g/mol. The molecule has 0 aromatic heterocycles. The average Bonchev–Trinajstić information content (AvgIpc) is 2.85. The molecule has 4 unspecified atom stereocenters. The van der Waals surface area contributed by atoms with Crippen LogP contribution in [0.15, 0.2) is 0 Å². The minimum atomic E-state index is -0.587. The number of nitrogens with one attached hydrogen (secondary N) is 1. The van der Waals surface area contributed by atoms with Crippen LogP contribution in [0, 0.1) is 17.8 Å². The van der Waals surface area contributed by atoms with E-state index in [0.717, 1.165) is 25.7 Å². The molecule has 0 amide bonds. The molecule has 2 rings (SSSR count). The fourth-order valence-corrected chi connectivity index (χ4v) is 3.68. The number of aliphatic carboxylic acids is 1. The monoisotopic (exact) mass is 225 g/mol. The lowest BCUT2D eigenvalue weighted by Crippen LogP contribution is -2.48. The third-order valence-corrected chi connectivity index (χ3v) is 4.62. The van der Waals surface area contributed by atoms with Crippen molar-refractivity contribution in [3.8, 4) is 0 Å². The molecule has 0 heterocycles. The topological polar surface area (TPSA) is 49.3 Å². The Bertz CT molecular complexity index is 263. The molecule has 4 atom stereocenters. The van der Waals surface area contributed by atoms with Gasteiger partial charge in [0.25, 0.3) is 0 Å². The van der Waals surface area contributed by atoms with E-state index >= 15 is 0 Å². The summed E-state index contributed by atoms with van der Waals surface area (Å²) in [6, 6.07) is 0.729. The first-order valence-electron chi connectivity index (χ1n) is 6.66. The zero-order chi connectivity index (χ0) is 11.7. The Balaban J connectivity index is 2.04. The fourth-order valence-electron chi connectivity index (χ4n) is 3.68. The maximum Gasteiger partial charge on any atom is 0.308 e. The summed E-state index contributed by atoms with van der Waals surface area (Å²) >= 11 is 0. The molecule has 0 spiro atoms. The second-order valence-corrected chi connectivity index (χ2v) is 5.40. The van der Waals surface area contributed by atoms with E-state index < -0.39 is 5.97 Å². The summed E-state index contributed by atoms with van der Waals surface area (Å²) in [7, 11) is 0. The highest BCUT2D eigenvalue weighted by atomic mass is 16.4. The van der Waals surface area contributed by atoms with Gasteiger partial charge < -0.3 is 10.4 Å². The summed E-state index contributed by atoms with van der Waals surface area (Å²) in [5.41, 5.74) is 0. The number of carboxylic acids is 1. The molecule has 16 heavy (non-hydrogen) atoms. The Labute approximate surface area is 97.6 Å². The van der Waals surface area contributed by atoms with Crippen molar-refractivity contribution < 1.29 is 9.90 Å². The predicted molar refractivity (Wildman–Crippen MR) is 63.3 cm³/mol. The van der Waals surface area contributed by atoms with Crippen LogP contribution >= 0.6 is 0 Å². The normalized spacial score (nSPS) is 37.2. The molecule has 2 saturated carbocycles. The molecular formula is C13H23NO2. The van der Waals surface area contributed by atoms with Crippen LogP contribution in [-0.4, -0.2) is 23.2 Å². The van der Waals surface area contributed by atoms with Crippen molar-refractivity contribution in [2.45, 2.75) is 58.0 Å². The SMILES string of the molecule is CCC(CC)NC1C2CCC(C2)C1C(=O)O. The van der Waals surface area contributed by atoms with Gasteiger partial charge in [0.05, 0.1) is 5.92 Å². The molecule has 0 radical (unpaired) electrons. The quantitative estimate of drug-likeness (QED) is 0.754. The predicted octanol–water partition coefficient (Wildman–Crippen LogP) is 2.26. The third-order valence-electron chi connectivity index (χ3n) is 4.62. The summed E-state index contributed by atoms with van der Waals surface area (Å²) in [6.45, 7) is 4.34. The van der Waals surface area contributed by atoms with E-state index in [1.54, 1.807) is 0 Å². The summed E-state index contributed by atoms with van der Waals surface area (Å²) in [5.74, 6) is 0.344. The molecule has 2 N–H and O–H groups in total. The molecule has 0 saturated heterocycles. The van der Waals surface area contributed by atoms with Crippen LogP contribution < -0.4 is 5.32 Å². The van der Waals surface area contributed by atoms with Crippen molar-refractivity contribution in [2.75, 3.05) is 0 Å². The Kier molecular flexibility index (Phi) is 3.53. The summed E-state index contributed by atoms with van der Waals surface area (Å²) in [6.07, 6.45) is 5.68. The lowest BCUT2D eigenvalue weighted by atomic mass is 9.84. The molecule has 0 aliphatic heterocycles. The molecule has 0 aromatic carbocycles. The molecule has 2 aliphatic rings. The molecule has 0 aromatic rings. The molecule has 2 fully saturated rings. The van der Waals surface area contributed by atoms with E-state index in [1.165, 1.54) is 6.42 Å². The minimum Gasteiger partial charge on any atom is -0.481 e. The Hall–Kier alpha value is -0.570. The highest BCUT2D eigenvalue weighted by Crippen LogP contribution is 2.48. The van der Waals surface area contributed by atoms with Crippen molar-refractivity contribution >= 4 is 5.97 Å². The molecule has 2 bridgehead atoms. The van der Waals surface area contributed by atoms with Gasteiger partial charge in [-0.25, -0.2) is 0 Å². The van der Waals surface area contributed by atoms with Crippen LogP contribution in [0.4, 0.5) is 0 Å². The van der Waals surface area contributed by atoms with Crippen molar-refractivity contribution in [3.63, 3.8) is 0 Å². The first-order chi connectivity index (χ1) is 7.67. The zero-order valence-electron chi connectivity index (χ0n) is 10.3. The number of rotatable bonds is 5. The zero-order valence-corrected chi connectivity index (χ0v) is 10.3. The van der Waals surface area contributed by atoms with Gasteiger partial charge in [-0.05, 0) is 43.9 Å². The molecule has 92 valence electrons. The van der Waals surface area contributed by atoms with Gasteiger partial charge in [-0.3, -0.25) is 4.79 Å². The van der Waals surface area contributed by atoms with Gasteiger partial charge in [0.1, 0.15) is 0 Å². The van der Waals surface area contributed by atoms with Crippen LogP contribution in [0.5, 0.6) is 0 Å². The Morgan fingerprint density at radius 1 is 1.31 bits per heavy atom. The number of fused-ring (bicyclic) bond motifs is 2. The van der Waals surface area contributed by atoms with Crippen molar-refractivity contribution in [1.29, 1.82) is 0 Å². The van der Waals surface area contributed by atoms with E-state index in [9.17, 15) is 9.90 Å². The van der Waals surface area contributed by atoms with Gasteiger partial charge in [0.15, 0.2) is 0 Å². The van der Waals surface area contributed by atoms with Gasteiger partial charge in [-0.15, -0.1) is 0 Å². The second-order valence-electron chi connectivity index (χ2n) is 5.40. The average molecular weight is 225 g/mol. The molecule has 3 heteroatoms. The summed E-state index contributed by atoms with van der Waals surface area (Å²) in [5, 5.41) is 12.9. The largest absolute Gasteiger partial charge is 0.481 e. The maximum atomic E-state index is 11.3. The van der Waals surface area contributed by atoms with Gasteiger partial charge in [-0.2, -0.15) is 0 Å². The van der Waals surface area contributed by atoms with Crippen LogP contribution in [0.2, 0.25) is 0 Å². The van der Waals surface area contributed by atoms with Crippen LogP contribution in [-0.2, 0) is 4.79 Å². The first kappa shape index (κ1) is 11.9. The van der Waals surface area contributed by atoms with Gasteiger partial charge >= 0.3 is 5.97 Å². The lowest BCUT2D eigenvalue weighted by Gasteiger charge is -2.32. The van der Waals surface area contributed by atoms with Gasteiger partial charge in [0, 0.05) is 12.1 Å². The van der Waals surface area contributed by atoms with E-state index in [4.69, 9.17) is 0 Å². The van der Waals surface area contributed by atoms with Crippen LogP contribution in [0.3, 0.4) is 0 Å². The fraction of sp³-hybridized carbons (Fsp3) is 0.923. The van der Waals surface area contributed by atoms with Gasteiger partial charge in [0.2, 0.25) is 0 Å². The van der Waals surface area contributed by atoms with Gasteiger partial charge in [-0.1, -0.05) is 13.8 Å². The number of hydrogen-bond donors (Lipinski definition) is 2. The number of hydrogen-bond acceptors (Lipinski definition) is 2. The van der Waals surface area contributed by atoms with Crippen molar-refractivity contribution in [2.24, 2.45) is 17.8 Å². The molecule has 3 nitrogen and oxygen atoms in total.